The van der Waals surface area contributed by atoms with Crippen LogP contribution in [0.15, 0.2) is 24.3 Å². The van der Waals surface area contributed by atoms with Gasteiger partial charge >= 0.3 is 0 Å². The lowest BCUT2D eigenvalue weighted by atomic mass is 10.2. The lowest BCUT2D eigenvalue weighted by Crippen LogP contribution is -1.88. The Labute approximate surface area is 87.2 Å². The molecule has 2 rings (SSSR count). The number of aromatic nitrogens is 1. The summed E-state index contributed by atoms with van der Waals surface area (Å²) in [6.07, 6.45) is 0.863. The van der Waals surface area contributed by atoms with Gasteiger partial charge in [0.2, 0.25) is 0 Å². The number of hydrogen-bond donors (Lipinski definition) is 1. The summed E-state index contributed by atoms with van der Waals surface area (Å²) in [7, 11) is 0. The van der Waals surface area contributed by atoms with E-state index in [0.29, 0.717) is 10.5 Å². The number of phenols is 1. The van der Waals surface area contributed by atoms with E-state index in [9.17, 15) is 5.11 Å². The summed E-state index contributed by atoms with van der Waals surface area (Å²) in [4.78, 5) is 4.36. The molecule has 0 unspecified atom stereocenters. The maximum atomic E-state index is 9.41. The van der Waals surface area contributed by atoms with Gasteiger partial charge in [-0.05, 0) is 24.6 Å². The fourth-order valence-corrected chi connectivity index (χ4v) is 1.60. The van der Waals surface area contributed by atoms with E-state index in [2.05, 4.69) is 4.98 Å². The lowest BCUT2D eigenvalue weighted by Gasteiger charge is -2.03. The second kappa shape index (κ2) is 3.46. The molecule has 1 heterocycles. The summed E-state index contributed by atoms with van der Waals surface area (Å²) >= 11 is 5.94. The van der Waals surface area contributed by atoms with Crippen LogP contribution in [-0.2, 0) is 6.42 Å². The number of rotatable bonds is 1. The highest BCUT2D eigenvalue weighted by Gasteiger charge is 2.05. The molecule has 14 heavy (non-hydrogen) atoms. The topological polar surface area (TPSA) is 33.1 Å². The van der Waals surface area contributed by atoms with Gasteiger partial charge in [-0.15, -0.1) is 0 Å². The molecule has 0 radical (unpaired) electrons. The van der Waals surface area contributed by atoms with Gasteiger partial charge in [0, 0.05) is 11.1 Å². The van der Waals surface area contributed by atoms with Crippen molar-refractivity contribution in [3.05, 3.63) is 35.0 Å². The quantitative estimate of drug-likeness (QED) is 0.779. The first-order chi connectivity index (χ1) is 6.72. The molecule has 0 aliphatic rings. The highest BCUT2D eigenvalue weighted by Crippen LogP contribution is 2.30. The molecule has 0 saturated carbocycles. The maximum Gasteiger partial charge on any atom is 0.136 e. The number of pyridine rings is 1. The molecule has 2 nitrogen and oxygen atoms in total. The fraction of sp³-hybridized carbons (Fsp3) is 0.182. The van der Waals surface area contributed by atoms with Crippen molar-refractivity contribution in [2.45, 2.75) is 13.3 Å². The van der Waals surface area contributed by atoms with Crippen LogP contribution in [0.1, 0.15) is 12.6 Å². The first-order valence-electron chi connectivity index (χ1n) is 4.49. The largest absolute Gasteiger partial charge is 0.506 e. The van der Waals surface area contributed by atoms with E-state index >= 15 is 0 Å². The van der Waals surface area contributed by atoms with Gasteiger partial charge in [-0.3, -0.25) is 4.98 Å². The first-order valence-corrected chi connectivity index (χ1v) is 4.87. The number of nitrogens with zero attached hydrogens (tertiary/aromatic N) is 1. The molecule has 0 fully saturated rings. The number of hydrogen-bond acceptors (Lipinski definition) is 2. The van der Waals surface area contributed by atoms with Gasteiger partial charge in [-0.2, -0.15) is 0 Å². The zero-order chi connectivity index (χ0) is 10.1. The molecule has 0 atom stereocenters. The Morgan fingerprint density at radius 3 is 2.71 bits per heavy atom. The van der Waals surface area contributed by atoms with E-state index in [1.807, 2.05) is 25.1 Å². The Hall–Kier alpha value is -1.28. The minimum absolute atomic E-state index is 0.0833. The van der Waals surface area contributed by atoms with Crippen LogP contribution in [0.4, 0.5) is 0 Å². The van der Waals surface area contributed by atoms with Gasteiger partial charge in [0.25, 0.3) is 0 Å². The van der Waals surface area contributed by atoms with E-state index in [0.717, 1.165) is 17.5 Å². The van der Waals surface area contributed by atoms with Crippen LogP contribution in [0, 0.1) is 0 Å². The van der Waals surface area contributed by atoms with Crippen LogP contribution in [0.25, 0.3) is 10.9 Å². The van der Waals surface area contributed by atoms with Crippen LogP contribution in [0.5, 0.6) is 5.75 Å². The standard InChI is InChI=1S/C11H10ClNO/c1-2-8-5-3-7-4-6-9(14)10(12)11(7)13-8/h3-6,14H,2H2,1H3. The SMILES string of the molecule is CCc1ccc2ccc(O)c(Cl)c2n1. The molecule has 0 amide bonds. The average molecular weight is 208 g/mol. The Kier molecular flexibility index (Phi) is 2.30. The molecule has 72 valence electrons. The summed E-state index contributed by atoms with van der Waals surface area (Å²) in [6, 6.07) is 7.32. The first kappa shape index (κ1) is 9.28. The second-order valence-corrected chi connectivity index (χ2v) is 3.50. The van der Waals surface area contributed by atoms with Crippen molar-refractivity contribution in [2.24, 2.45) is 0 Å². The third kappa shape index (κ3) is 1.42. The number of benzene rings is 1. The molecule has 0 aliphatic heterocycles. The van der Waals surface area contributed by atoms with Crippen molar-refractivity contribution >= 4 is 22.5 Å². The van der Waals surface area contributed by atoms with Crippen LogP contribution in [-0.4, -0.2) is 10.1 Å². The van der Waals surface area contributed by atoms with E-state index in [1.165, 1.54) is 0 Å². The van der Waals surface area contributed by atoms with Gasteiger partial charge < -0.3 is 5.11 Å². The lowest BCUT2D eigenvalue weighted by molar-refractivity contribution is 0.476. The van der Waals surface area contributed by atoms with Crippen LogP contribution in [0.3, 0.4) is 0 Å². The fourth-order valence-electron chi connectivity index (χ4n) is 1.38. The van der Waals surface area contributed by atoms with Gasteiger partial charge in [-0.1, -0.05) is 24.6 Å². The zero-order valence-electron chi connectivity index (χ0n) is 7.79. The third-order valence-corrected chi connectivity index (χ3v) is 2.57. The number of aromatic hydroxyl groups is 1. The maximum absolute atomic E-state index is 9.41. The molecule has 0 bridgehead atoms. The van der Waals surface area contributed by atoms with Gasteiger partial charge in [0.05, 0.1) is 5.52 Å². The molecular weight excluding hydrogens is 198 g/mol. The van der Waals surface area contributed by atoms with Gasteiger partial charge in [-0.25, -0.2) is 0 Å². The minimum Gasteiger partial charge on any atom is -0.506 e. The van der Waals surface area contributed by atoms with E-state index in [-0.39, 0.29) is 5.75 Å². The van der Waals surface area contributed by atoms with Gasteiger partial charge in [0.1, 0.15) is 10.8 Å². The van der Waals surface area contributed by atoms with E-state index in [4.69, 9.17) is 11.6 Å². The number of fused-ring (bicyclic) bond motifs is 1. The number of halogens is 1. The molecule has 0 aliphatic carbocycles. The van der Waals surface area contributed by atoms with Crippen molar-refractivity contribution in [1.29, 1.82) is 0 Å². The number of phenolic OH excluding ortho intramolecular Hbond substituents is 1. The molecular formula is C11H10ClNO. The second-order valence-electron chi connectivity index (χ2n) is 3.13. The molecule has 1 N–H and O–H groups in total. The van der Waals surface area contributed by atoms with Crippen molar-refractivity contribution in [3.8, 4) is 5.75 Å². The summed E-state index contributed by atoms with van der Waals surface area (Å²) in [6.45, 7) is 2.03. The normalized spacial score (nSPS) is 10.7. The molecule has 1 aromatic heterocycles. The van der Waals surface area contributed by atoms with E-state index in [1.54, 1.807) is 6.07 Å². The highest BCUT2D eigenvalue weighted by atomic mass is 35.5. The zero-order valence-corrected chi connectivity index (χ0v) is 8.54. The summed E-state index contributed by atoms with van der Waals surface area (Å²) in [5.74, 6) is 0.0833. The predicted octanol–water partition coefficient (Wildman–Crippen LogP) is 3.16. The van der Waals surface area contributed by atoms with Crippen LogP contribution in [0.2, 0.25) is 5.02 Å². The van der Waals surface area contributed by atoms with Crippen LogP contribution < -0.4 is 0 Å². The summed E-state index contributed by atoms with van der Waals surface area (Å²) in [5.41, 5.74) is 1.65. The highest BCUT2D eigenvalue weighted by molar-refractivity contribution is 6.36. The molecule has 2 aromatic rings. The average Bonchev–Trinajstić information content (AvgIpc) is 2.23. The van der Waals surface area contributed by atoms with Crippen molar-refractivity contribution in [3.63, 3.8) is 0 Å². The monoisotopic (exact) mass is 207 g/mol. The predicted molar refractivity (Wildman–Crippen MR) is 57.8 cm³/mol. The Morgan fingerprint density at radius 1 is 1.29 bits per heavy atom. The Morgan fingerprint density at radius 2 is 2.00 bits per heavy atom. The van der Waals surface area contributed by atoms with Crippen molar-refractivity contribution in [2.75, 3.05) is 0 Å². The minimum atomic E-state index is 0.0833. The summed E-state index contributed by atoms with van der Waals surface area (Å²) in [5, 5.41) is 10.7. The molecule has 0 saturated heterocycles. The van der Waals surface area contributed by atoms with Crippen molar-refractivity contribution in [1.82, 2.24) is 4.98 Å². The van der Waals surface area contributed by atoms with E-state index < -0.39 is 0 Å². The Bertz CT molecular complexity index is 482. The van der Waals surface area contributed by atoms with Crippen LogP contribution >= 0.6 is 11.6 Å². The number of aryl methyl sites for hydroxylation is 1. The molecule has 0 spiro atoms. The third-order valence-electron chi connectivity index (χ3n) is 2.20. The smallest absolute Gasteiger partial charge is 0.136 e. The molecule has 3 heteroatoms. The Balaban J connectivity index is 2.78. The van der Waals surface area contributed by atoms with Crippen molar-refractivity contribution < 1.29 is 5.11 Å². The summed E-state index contributed by atoms with van der Waals surface area (Å²) < 4.78 is 0. The van der Waals surface area contributed by atoms with Gasteiger partial charge in [0.15, 0.2) is 0 Å². The molecule has 1 aromatic carbocycles.